The van der Waals surface area contributed by atoms with Gasteiger partial charge in [0.2, 0.25) is 0 Å². The van der Waals surface area contributed by atoms with Crippen molar-refractivity contribution in [2.75, 3.05) is 13.7 Å². The number of methoxy groups -OCH3 is 1. The summed E-state index contributed by atoms with van der Waals surface area (Å²) in [4.78, 5) is 24.1. The number of aryl methyl sites for hydroxylation is 1. The zero-order chi connectivity index (χ0) is 18.4. The van der Waals surface area contributed by atoms with Crippen LogP contribution < -0.4 is 10.1 Å². The number of hydrogen-bond acceptors (Lipinski definition) is 4. The van der Waals surface area contributed by atoms with E-state index in [0.717, 1.165) is 11.1 Å². The van der Waals surface area contributed by atoms with Gasteiger partial charge in [0.05, 0.1) is 13.2 Å². The second-order valence-corrected chi connectivity index (χ2v) is 6.06. The molecule has 0 saturated heterocycles. The number of benzene rings is 2. The summed E-state index contributed by atoms with van der Waals surface area (Å²) in [5.74, 6) is -0.720. The van der Waals surface area contributed by atoms with Gasteiger partial charge >= 0.3 is 5.97 Å². The Labute approximate surface area is 151 Å². The van der Waals surface area contributed by atoms with E-state index in [2.05, 4.69) is 5.32 Å². The highest BCUT2D eigenvalue weighted by Crippen LogP contribution is 2.23. The summed E-state index contributed by atoms with van der Waals surface area (Å²) in [5, 5.41) is 3.17. The van der Waals surface area contributed by atoms with Crippen molar-refractivity contribution in [2.45, 2.75) is 19.9 Å². The minimum Gasteiger partial charge on any atom is -0.496 e. The van der Waals surface area contributed by atoms with Gasteiger partial charge in [-0.05, 0) is 37.6 Å². The number of carbonyl (C=O) groups is 2. The van der Waals surface area contributed by atoms with Crippen LogP contribution in [0.1, 0.15) is 34.5 Å². The summed E-state index contributed by atoms with van der Waals surface area (Å²) < 4.78 is 10.2. The smallest absolute Gasteiger partial charge is 0.342 e. The molecule has 2 aromatic rings. The minimum absolute atomic E-state index is 0.175. The Bertz CT molecular complexity index is 759. The maximum absolute atomic E-state index is 12.1. The molecular formula is C19H20ClNO4. The van der Waals surface area contributed by atoms with E-state index in [1.165, 1.54) is 13.2 Å². The van der Waals surface area contributed by atoms with Crippen molar-refractivity contribution >= 4 is 23.5 Å². The van der Waals surface area contributed by atoms with Gasteiger partial charge in [-0.25, -0.2) is 4.79 Å². The first-order valence-corrected chi connectivity index (χ1v) is 8.15. The Morgan fingerprint density at radius 1 is 1.16 bits per heavy atom. The van der Waals surface area contributed by atoms with Gasteiger partial charge < -0.3 is 14.8 Å². The highest BCUT2D eigenvalue weighted by Gasteiger charge is 2.17. The van der Waals surface area contributed by atoms with Gasteiger partial charge in [-0.15, -0.1) is 0 Å². The van der Waals surface area contributed by atoms with Crippen molar-refractivity contribution in [3.8, 4) is 5.75 Å². The van der Waals surface area contributed by atoms with Gasteiger partial charge in [0, 0.05) is 5.02 Å². The normalized spacial score (nSPS) is 11.5. The van der Waals surface area contributed by atoms with Crippen LogP contribution in [0.25, 0.3) is 0 Å². The van der Waals surface area contributed by atoms with E-state index in [4.69, 9.17) is 21.1 Å². The van der Waals surface area contributed by atoms with Crippen LogP contribution in [-0.4, -0.2) is 25.6 Å². The Kier molecular flexibility index (Phi) is 6.42. The van der Waals surface area contributed by atoms with E-state index in [1.807, 2.05) is 38.1 Å². The first-order valence-electron chi connectivity index (χ1n) is 7.77. The van der Waals surface area contributed by atoms with Crippen LogP contribution in [-0.2, 0) is 9.53 Å². The average molecular weight is 362 g/mol. The molecule has 0 aromatic heterocycles. The molecule has 0 heterocycles. The second kappa shape index (κ2) is 8.53. The number of hydrogen-bond donors (Lipinski definition) is 1. The minimum atomic E-state index is -0.669. The molecule has 0 spiro atoms. The van der Waals surface area contributed by atoms with Gasteiger partial charge in [-0.2, -0.15) is 0 Å². The molecular weight excluding hydrogens is 342 g/mol. The third-order valence-electron chi connectivity index (χ3n) is 3.67. The van der Waals surface area contributed by atoms with E-state index in [1.54, 1.807) is 12.1 Å². The van der Waals surface area contributed by atoms with E-state index < -0.39 is 5.97 Å². The molecule has 1 atom stereocenters. The molecule has 2 rings (SSSR count). The number of amides is 1. The summed E-state index contributed by atoms with van der Waals surface area (Å²) in [6, 6.07) is 12.3. The van der Waals surface area contributed by atoms with Crippen molar-refractivity contribution in [3.05, 3.63) is 64.2 Å². The fraction of sp³-hybridized carbons (Fsp3) is 0.263. The van der Waals surface area contributed by atoms with Crippen LogP contribution in [0.4, 0.5) is 0 Å². The fourth-order valence-corrected chi connectivity index (χ4v) is 2.44. The summed E-state index contributed by atoms with van der Waals surface area (Å²) in [5.41, 5.74) is 2.29. The molecule has 1 amide bonds. The zero-order valence-electron chi connectivity index (χ0n) is 14.3. The number of rotatable bonds is 6. The summed E-state index contributed by atoms with van der Waals surface area (Å²) in [7, 11) is 1.44. The SMILES string of the molecule is COc1ccc(Cl)cc1C(=O)OCC(=O)N[C@H](C)c1ccc(C)cc1. The van der Waals surface area contributed by atoms with Gasteiger partial charge in [-0.1, -0.05) is 41.4 Å². The maximum Gasteiger partial charge on any atom is 0.342 e. The molecule has 0 radical (unpaired) electrons. The first-order chi connectivity index (χ1) is 11.9. The van der Waals surface area contributed by atoms with Crippen molar-refractivity contribution in [2.24, 2.45) is 0 Å². The summed E-state index contributed by atoms with van der Waals surface area (Å²) >= 11 is 5.89. The van der Waals surface area contributed by atoms with Crippen LogP contribution in [0.3, 0.4) is 0 Å². The largest absolute Gasteiger partial charge is 0.496 e. The predicted molar refractivity (Wildman–Crippen MR) is 96.0 cm³/mol. The molecule has 0 aliphatic carbocycles. The van der Waals surface area contributed by atoms with Gasteiger partial charge in [-0.3, -0.25) is 4.79 Å². The van der Waals surface area contributed by atoms with Crippen LogP contribution >= 0.6 is 11.6 Å². The lowest BCUT2D eigenvalue weighted by Crippen LogP contribution is -2.31. The van der Waals surface area contributed by atoms with Crippen molar-refractivity contribution in [3.63, 3.8) is 0 Å². The van der Waals surface area contributed by atoms with Crippen LogP contribution in [0.2, 0.25) is 5.02 Å². The topological polar surface area (TPSA) is 64.6 Å². The quantitative estimate of drug-likeness (QED) is 0.797. The van der Waals surface area contributed by atoms with Crippen LogP contribution in [0.5, 0.6) is 5.75 Å². The third-order valence-corrected chi connectivity index (χ3v) is 3.91. The van der Waals surface area contributed by atoms with E-state index >= 15 is 0 Å². The van der Waals surface area contributed by atoms with Crippen molar-refractivity contribution in [1.82, 2.24) is 5.32 Å². The number of carbonyl (C=O) groups excluding carboxylic acids is 2. The Balaban J connectivity index is 1.92. The molecule has 0 bridgehead atoms. The number of halogens is 1. The van der Waals surface area contributed by atoms with Crippen LogP contribution in [0, 0.1) is 6.92 Å². The molecule has 0 unspecified atom stereocenters. The lowest BCUT2D eigenvalue weighted by atomic mass is 10.1. The summed E-state index contributed by atoms with van der Waals surface area (Å²) in [6.07, 6.45) is 0. The van der Waals surface area contributed by atoms with E-state index in [-0.39, 0.29) is 24.1 Å². The third kappa shape index (κ3) is 5.22. The molecule has 5 nitrogen and oxygen atoms in total. The average Bonchev–Trinajstić information content (AvgIpc) is 2.60. The molecule has 2 aromatic carbocycles. The fourth-order valence-electron chi connectivity index (χ4n) is 2.27. The number of esters is 1. The number of nitrogens with one attached hydrogen (secondary N) is 1. The second-order valence-electron chi connectivity index (χ2n) is 5.62. The molecule has 6 heteroatoms. The molecule has 0 aliphatic heterocycles. The Morgan fingerprint density at radius 3 is 2.48 bits per heavy atom. The maximum atomic E-state index is 12.1. The highest BCUT2D eigenvalue weighted by atomic mass is 35.5. The molecule has 0 aliphatic rings. The molecule has 25 heavy (non-hydrogen) atoms. The predicted octanol–water partition coefficient (Wildman–Crippen LogP) is 3.69. The summed E-state index contributed by atoms with van der Waals surface area (Å²) in [6.45, 7) is 3.48. The van der Waals surface area contributed by atoms with Gasteiger partial charge in [0.25, 0.3) is 5.91 Å². The zero-order valence-corrected chi connectivity index (χ0v) is 15.1. The Hall–Kier alpha value is -2.53. The van der Waals surface area contributed by atoms with E-state index in [0.29, 0.717) is 10.8 Å². The lowest BCUT2D eigenvalue weighted by Gasteiger charge is -2.15. The van der Waals surface area contributed by atoms with E-state index in [9.17, 15) is 9.59 Å². The molecule has 1 N–H and O–H groups in total. The molecule has 0 fully saturated rings. The highest BCUT2D eigenvalue weighted by molar-refractivity contribution is 6.31. The molecule has 132 valence electrons. The van der Waals surface area contributed by atoms with Gasteiger partial charge in [0.15, 0.2) is 6.61 Å². The number of ether oxygens (including phenoxy) is 2. The first kappa shape index (κ1) is 18.8. The lowest BCUT2D eigenvalue weighted by molar-refractivity contribution is -0.124. The van der Waals surface area contributed by atoms with Crippen molar-refractivity contribution in [1.29, 1.82) is 0 Å². The Morgan fingerprint density at radius 2 is 1.84 bits per heavy atom. The van der Waals surface area contributed by atoms with Crippen molar-refractivity contribution < 1.29 is 19.1 Å². The molecule has 0 saturated carbocycles. The monoisotopic (exact) mass is 361 g/mol. The standard InChI is InChI=1S/C19H20ClNO4/c1-12-4-6-14(7-5-12)13(2)21-18(22)11-25-19(23)16-10-15(20)8-9-17(16)24-3/h4-10,13H,11H2,1-3H3,(H,21,22)/t13-/m1/s1. The van der Waals surface area contributed by atoms with Crippen LogP contribution in [0.15, 0.2) is 42.5 Å². The van der Waals surface area contributed by atoms with Gasteiger partial charge in [0.1, 0.15) is 11.3 Å².